The zero-order valence-corrected chi connectivity index (χ0v) is 23.2. The van der Waals surface area contributed by atoms with Crippen LogP contribution in [0.5, 0.6) is 0 Å². The number of hydrogen-bond acceptors (Lipinski definition) is 4. The number of carbonyl (C=O) groups excluding carboxylic acids is 3. The summed E-state index contributed by atoms with van der Waals surface area (Å²) in [6.45, 7) is 11.6. The fourth-order valence-corrected chi connectivity index (χ4v) is 6.07. The number of nitrogens with zero attached hydrogens (tertiary/aromatic N) is 2. The van der Waals surface area contributed by atoms with Gasteiger partial charge in [-0.3, -0.25) is 19.4 Å². The molecular weight excluding hydrogens is 476 g/mol. The van der Waals surface area contributed by atoms with E-state index in [1.54, 1.807) is 24.1 Å². The second kappa shape index (κ2) is 13.0. The van der Waals surface area contributed by atoms with Crippen molar-refractivity contribution in [2.24, 2.45) is 33.9 Å². The lowest BCUT2D eigenvalue weighted by atomic mass is 9.66. The Balaban J connectivity index is 2.06. The molecule has 3 N–H and O–H groups in total. The van der Waals surface area contributed by atoms with Crippen LogP contribution in [0.4, 0.5) is 5.69 Å². The van der Waals surface area contributed by atoms with Crippen LogP contribution in [0.15, 0.2) is 54.6 Å². The van der Waals surface area contributed by atoms with Crippen molar-refractivity contribution in [2.45, 2.75) is 77.8 Å². The second-order valence-electron chi connectivity index (χ2n) is 11.2. The number of primary amides is 1. The maximum atomic E-state index is 14.0. The smallest absolute Gasteiger partial charge is 0.272 e. The number of hydrogen-bond donors (Lipinski definition) is 2. The third-order valence-electron chi connectivity index (χ3n) is 8.09. The van der Waals surface area contributed by atoms with E-state index in [9.17, 15) is 14.4 Å². The number of fused-ring (bicyclic) bond motifs is 1. The van der Waals surface area contributed by atoms with Crippen molar-refractivity contribution in [3.8, 4) is 0 Å². The Morgan fingerprint density at radius 1 is 1.13 bits per heavy atom. The zero-order valence-electron chi connectivity index (χ0n) is 23.2. The molecule has 7 heteroatoms. The molecule has 1 aliphatic heterocycles. The van der Waals surface area contributed by atoms with Crippen LogP contribution in [-0.4, -0.2) is 36.6 Å². The normalized spacial score (nSPS) is 19.6. The number of aliphatic imine (C=N–C) groups is 1. The summed E-state index contributed by atoms with van der Waals surface area (Å²) in [6.07, 6.45) is 9.69. The molecule has 3 amide bonds. The Morgan fingerprint density at radius 3 is 2.29 bits per heavy atom. The summed E-state index contributed by atoms with van der Waals surface area (Å²) in [7, 11) is 1.72. The molecule has 0 radical (unpaired) electrons. The van der Waals surface area contributed by atoms with Gasteiger partial charge in [-0.15, -0.1) is 13.2 Å². The van der Waals surface area contributed by atoms with Crippen LogP contribution >= 0.6 is 0 Å². The average molecular weight is 521 g/mol. The van der Waals surface area contributed by atoms with Gasteiger partial charge in [0.2, 0.25) is 18.0 Å². The molecule has 3 rings (SSSR count). The molecule has 0 bridgehead atoms. The summed E-state index contributed by atoms with van der Waals surface area (Å²) >= 11 is 0. The van der Waals surface area contributed by atoms with E-state index in [-0.39, 0.29) is 30.6 Å². The summed E-state index contributed by atoms with van der Waals surface area (Å²) in [5.41, 5.74) is 7.37. The van der Waals surface area contributed by atoms with E-state index in [1.807, 2.05) is 38.1 Å². The first-order valence-electron chi connectivity index (χ1n) is 13.9. The van der Waals surface area contributed by atoms with Crippen LogP contribution in [-0.2, 0) is 14.4 Å². The van der Waals surface area contributed by atoms with Gasteiger partial charge in [-0.25, -0.2) is 0 Å². The number of likely N-dealkylation sites (N-methyl/N-ethyl adjacent to an activating group) is 1. The van der Waals surface area contributed by atoms with Gasteiger partial charge in [0.05, 0.1) is 22.7 Å². The van der Waals surface area contributed by atoms with Gasteiger partial charge in [-0.05, 0) is 44.1 Å². The van der Waals surface area contributed by atoms with Gasteiger partial charge in [0.25, 0.3) is 5.91 Å². The highest BCUT2D eigenvalue weighted by Crippen LogP contribution is 2.40. The first-order chi connectivity index (χ1) is 18.2. The van der Waals surface area contributed by atoms with Crippen LogP contribution in [0.3, 0.4) is 0 Å². The summed E-state index contributed by atoms with van der Waals surface area (Å²) in [5, 5.41) is 2.95. The van der Waals surface area contributed by atoms with Gasteiger partial charge in [0.15, 0.2) is 0 Å². The number of para-hydroxylation sites is 1. The minimum absolute atomic E-state index is 0.112. The Kier molecular flexibility index (Phi) is 10.1. The standard InChI is InChI=1S/C31H44N4O3/c1-6-18-31(19-7-2,30(32)38)24(20-21(3)4)28(36)34-27-29(37)35(5)25-17-13-12-16-23(25)26(33-27)22-14-10-8-9-11-15-22/h6-7,12-13,16-17,21-22,24,27H,1-2,8-11,14-15,18-20H2,3-5H3,(H2,32,38)(H,34,36)/t24-,27?/m0/s1. The van der Waals surface area contributed by atoms with Crippen molar-refractivity contribution in [2.75, 3.05) is 11.9 Å². The lowest BCUT2D eigenvalue weighted by Gasteiger charge is -2.37. The number of anilines is 1. The second-order valence-corrected chi connectivity index (χ2v) is 11.2. The monoisotopic (exact) mass is 520 g/mol. The van der Waals surface area contributed by atoms with E-state index in [2.05, 4.69) is 18.5 Å². The van der Waals surface area contributed by atoms with E-state index < -0.39 is 29.3 Å². The van der Waals surface area contributed by atoms with Gasteiger partial charge in [-0.1, -0.05) is 69.9 Å². The van der Waals surface area contributed by atoms with Gasteiger partial charge < -0.3 is 16.0 Å². The lowest BCUT2D eigenvalue weighted by molar-refractivity contribution is -0.142. The number of nitrogens with two attached hydrogens (primary N) is 1. The van der Waals surface area contributed by atoms with Gasteiger partial charge >= 0.3 is 0 Å². The van der Waals surface area contributed by atoms with Crippen molar-refractivity contribution in [1.29, 1.82) is 0 Å². The van der Waals surface area contributed by atoms with E-state index in [4.69, 9.17) is 10.7 Å². The Bertz CT molecular complexity index is 1060. The highest BCUT2D eigenvalue weighted by molar-refractivity contribution is 6.14. The van der Waals surface area contributed by atoms with Gasteiger partial charge in [-0.2, -0.15) is 0 Å². The maximum absolute atomic E-state index is 14.0. The number of amides is 3. The fourth-order valence-electron chi connectivity index (χ4n) is 6.07. The van der Waals surface area contributed by atoms with Gasteiger partial charge in [0, 0.05) is 18.5 Å². The van der Waals surface area contributed by atoms with Crippen LogP contribution in [0.1, 0.15) is 77.2 Å². The van der Waals surface area contributed by atoms with Gasteiger partial charge in [0.1, 0.15) is 0 Å². The van der Waals surface area contributed by atoms with Crippen molar-refractivity contribution in [3.05, 3.63) is 55.1 Å². The van der Waals surface area contributed by atoms with E-state index >= 15 is 0 Å². The summed E-state index contributed by atoms with van der Waals surface area (Å²) in [6, 6.07) is 7.82. The van der Waals surface area contributed by atoms with Crippen molar-refractivity contribution in [3.63, 3.8) is 0 Å². The Hall–Kier alpha value is -3.22. The van der Waals surface area contributed by atoms with E-state index in [0.29, 0.717) is 6.42 Å². The molecule has 0 aromatic heterocycles. The van der Waals surface area contributed by atoms with Crippen LogP contribution < -0.4 is 16.0 Å². The Labute approximate surface area is 227 Å². The average Bonchev–Trinajstić information content (AvgIpc) is 3.22. The van der Waals surface area contributed by atoms with Crippen molar-refractivity contribution in [1.82, 2.24) is 5.32 Å². The van der Waals surface area contributed by atoms with E-state index in [1.165, 1.54) is 12.8 Å². The Morgan fingerprint density at radius 2 is 1.74 bits per heavy atom. The number of rotatable bonds is 11. The summed E-state index contributed by atoms with van der Waals surface area (Å²) in [4.78, 5) is 47.1. The fraction of sp³-hybridized carbons (Fsp3) is 0.548. The zero-order chi connectivity index (χ0) is 27.9. The molecule has 1 fully saturated rings. The molecule has 38 heavy (non-hydrogen) atoms. The van der Waals surface area contributed by atoms with Crippen LogP contribution in [0.2, 0.25) is 0 Å². The van der Waals surface area contributed by atoms with Crippen LogP contribution in [0.25, 0.3) is 0 Å². The number of benzene rings is 1. The summed E-state index contributed by atoms with van der Waals surface area (Å²) < 4.78 is 0. The molecule has 1 heterocycles. The highest BCUT2D eigenvalue weighted by atomic mass is 16.2. The maximum Gasteiger partial charge on any atom is 0.272 e. The first kappa shape index (κ1) is 29.3. The SMILES string of the molecule is C=CCC(CC=C)(C(N)=O)[C@@H](CC(C)C)C(=O)NC1N=C(C2CCCCCC2)c2ccccc2N(C)C1=O. The number of carbonyl (C=O) groups is 3. The minimum atomic E-state index is -1.19. The molecule has 0 spiro atoms. The van der Waals surface area contributed by atoms with Crippen molar-refractivity contribution < 1.29 is 14.4 Å². The molecule has 1 aliphatic carbocycles. The molecule has 2 aliphatic rings. The third-order valence-corrected chi connectivity index (χ3v) is 8.09. The first-order valence-corrected chi connectivity index (χ1v) is 13.9. The largest absolute Gasteiger partial charge is 0.369 e. The predicted octanol–water partition coefficient (Wildman–Crippen LogP) is 5.15. The van der Waals surface area contributed by atoms with E-state index in [0.717, 1.165) is 42.6 Å². The number of benzodiazepines with no additional fused rings is 1. The molecule has 1 unspecified atom stereocenters. The number of allylic oxidation sites excluding steroid dienone is 2. The van der Waals surface area contributed by atoms with Crippen molar-refractivity contribution >= 4 is 29.1 Å². The third kappa shape index (κ3) is 6.25. The molecule has 206 valence electrons. The molecule has 1 saturated carbocycles. The quantitative estimate of drug-likeness (QED) is 0.311. The molecular formula is C31H44N4O3. The molecule has 1 aromatic rings. The predicted molar refractivity (Wildman–Crippen MR) is 154 cm³/mol. The molecule has 0 saturated heterocycles. The molecule has 7 nitrogen and oxygen atoms in total. The number of nitrogens with one attached hydrogen (secondary N) is 1. The molecule has 2 atom stereocenters. The summed E-state index contributed by atoms with van der Waals surface area (Å²) in [5.74, 6) is -1.72. The topological polar surface area (TPSA) is 105 Å². The highest BCUT2D eigenvalue weighted by Gasteiger charge is 2.47. The molecule has 1 aromatic carbocycles. The minimum Gasteiger partial charge on any atom is -0.369 e. The van der Waals surface area contributed by atoms with Crippen LogP contribution in [0, 0.1) is 23.2 Å². The lowest BCUT2D eigenvalue weighted by Crippen LogP contribution is -2.54.